The Morgan fingerprint density at radius 1 is 1.00 bits per heavy atom. The van der Waals surface area contributed by atoms with Crippen LogP contribution in [0.15, 0.2) is 60.7 Å². The third kappa shape index (κ3) is 2.77. The van der Waals surface area contributed by atoms with E-state index >= 15 is 0 Å². The first-order valence-electron chi connectivity index (χ1n) is 8.19. The van der Waals surface area contributed by atoms with Gasteiger partial charge in [0.2, 0.25) is 0 Å². The van der Waals surface area contributed by atoms with Crippen molar-refractivity contribution in [1.82, 2.24) is 15.1 Å². The fourth-order valence-electron chi connectivity index (χ4n) is 3.29. The number of nitrogens with one attached hydrogen (secondary N) is 1. The van der Waals surface area contributed by atoms with Crippen LogP contribution in [-0.2, 0) is 0 Å². The van der Waals surface area contributed by atoms with E-state index < -0.39 is 0 Å². The van der Waals surface area contributed by atoms with Crippen molar-refractivity contribution in [3.63, 3.8) is 0 Å². The monoisotopic (exact) mass is 314 g/mol. The Morgan fingerprint density at radius 2 is 1.79 bits per heavy atom. The lowest BCUT2D eigenvalue weighted by Crippen LogP contribution is -2.12. The zero-order valence-electron chi connectivity index (χ0n) is 13.3. The maximum atomic E-state index is 9.00. The van der Waals surface area contributed by atoms with Gasteiger partial charge in [-0.25, -0.2) is 0 Å². The summed E-state index contributed by atoms with van der Waals surface area (Å²) in [6, 6.07) is 20.9. The van der Waals surface area contributed by atoms with Crippen LogP contribution < -0.4 is 0 Å². The van der Waals surface area contributed by atoms with E-state index in [1.54, 1.807) is 4.90 Å². The number of hydrogen-bond donors (Lipinski definition) is 1. The number of likely N-dealkylation sites (tertiary alicyclic amines) is 1. The maximum absolute atomic E-state index is 9.00. The molecule has 3 aromatic rings. The quantitative estimate of drug-likeness (QED) is 0.743. The average molecular weight is 314 g/mol. The summed E-state index contributed by atoms with van der Waals surface area (Å²) in [4.78, 5) is 1.81. The molecule has 1 fully saturated rings. The van der Waals surface area contributed by atoms with Gasteiger partial charge < -0.3 is 4.90 Å². The van der Waals surface area contributed by atoms with Crippen LogP contribution in [0.2, 0.25) is 0 Å². The Labute approximate surface area is 141 Å². The normalized spacial score (nSPS) is 17.0. The predicted molar refractivity (Wildman–Crippen MR) is 94.0 cm³/mol. The third-order valence-electron chi connectivity index (χ3n) is 4.63. The molecule has 1 saturated heterocycles. The van der Waals surface area contributed by atoms with Gasteiger partial charge in [0.05, 0.1) is 5.69 Å². The van der Waals surface area contributed by atoms with Crippen molar-refractivity contribution in [3.8, 4) is 28.6 Å². The van der Waals surface area contributed by atoms with Gasteiger partial charge in [-0.1, -0.05) is 48.5 Å². The molecule has 2 heterocycles. The summed E-state index contributed by atoms with van der Waals surface area (Å²) >= 11 is 0. The van der Waals surface area contributed by atoms with Crippen LogP contribution in [0.5, 0.6) is 0 Å². The van der Waals surface area contributed by atoms with Crippen molar-refractivity contribution in [3.05, 3.63) is 66.4 Å². The maximum Gasteiger partial charge on any atom is 0.179 e. The summed E-state index contributed by atoms with van der Waals surface area (Å²) in [6.07, 6.45) is 3.23. The highest BCUT2D eigenvalue weighted by Crippen LogP contribution is 2.30. The first-order chi connectivity index (χ1) is 11.8. The summed E-state index contributed by atoms with van der Waals surface area (Å²) in [5.74, 6) is 0.364. The standard InChI is InChI=1S/C20H18N4/c21-14-24-10-9-18(13-24)20-12-19(22-23-20)17-8-4-7-16(11-17)15-5-2-1-3-6-15/h1-8,11-12,18H,9-10,13H2,(H,22,23). The first kappa shape index (κ1) is 14.5. The molecular weight excluding hydrogens is 296 g/mol. The number of nitriles is 1. The highest BCUT2D eigenvalue weighted by Gasteiger charge is 2.24. The molecule has 0 radical (unpaired) electrons. The summed E-state index contributed by atoms with van der Waals surface area (Å²) in [5.41, 5.74) is 5.57. The molecule has 2 aromatic carbocycles. The summed E-state index contributed by atoms with van der Waals surface area (Å²) in [5, 5.41) is 16.7. The third-order valence-corrected chi connectivity index (χ3v) is 4.63. The largest absolute Gasteiger partial charge is 0.310 e. The molecule has 4 nitrogen and oxygen atoms in total. The van der Waals surface area contributed by atoms with Crippen LogP contribution >= 0.6 is 0 Å². The van der Waals surface area contributed by atoms with Crippen LogP contribution in [0.1, 0.15) is 18.0 Å². The number of hydrogen-bond acceptors (Lipinski definition) is 3. The van der Waals surface area contributed by atoms with Crippen molar-refractivity contribution in [1.29, 1.82) is 5.26 Å². The summed E-state index contributed by atoms with van der Waals surface area (Å²) < 4.78 is 0. The van der Waals surface area contributed by atoms with Gasteiger partial charge in [0.25, 0.3) is 0 Å². The molecule has 0 aliphatic carbocycles. The fourth-order valence-corrected chi connectivity index (χ4v) is 3.29. The summed E-state index contributed by atoms with van der Waals surface area (Å²) in [7, 11) is 0. The van der Waals surface area contributed by atoms with Crippen molar-refractivity contribution in [2.75, 3.05) is 13.1 Å². The lowest BCUT2D eigenvalue weighted by Gasteiger charge is -2.06. The SMILES string of the molecule is N#CN1CCC(c2cc(-c3cccc(-c4ccccc4)c3)n[nH]2)C1. The van der Waals surface area contributed by atoms with E-state index in [-0.39, 0.29) is 0 Å². The van der Waals surface area contributed by atoms with Gasteiger partial charge in [-0.3, -0.25) is 5.10 Å². The van der Waals surface area contributed by atoms with Crippen molar-refractivity contribution in [2.45, 2.75) is 12.3 Å². The Kier molecular flexibility index (Phi) is 3.76. The zero-order chi connectivity index (χ0) is 16.4. The molecule has 1 unspecified atom stereocenters. The number of rotatable bonds is 3. The molecule has 0 amide bonds. The van der Waals surface area contributed by atoms with Crippen LogP contribution in [0.25, 0.3) is 22.4 Å². The lowest BCUT2D eigenvalue weighted by atomic mass is 10.0. The number of benzene rings is 2. The van der Waals surface area contributed by atoms with E-state index in [0.717, 1.165) is 36.5 Å². The minimum Gasteiger partial charge on any atom is -0.310 e. The van der Waals surface area contributed by atoms with Crippen LogP contribution in [0, 0.1) is 11.5 Å². The second-order valence-electron chi connectivity index (χ2n) is 6.19. The predicted octanol–water partition coefficient (Wildman–Crippen LogP) is 4.01. The highest BCUT2D eigenvalue weighted by atomic mass is 15.2. The Hall–Kier alpha value is -3.06. The molecule has 0 saturated carbocycles. The Morgan fingerprint density at radius 3 is 2.58 bits per heavy atom. The molecule has 0 spiro atoms. The van der Waals surface area contributed by atoms with E-state index in [4.69, 9.17) is 5.26 Å². The van der Waals surface area contributed by atoms with Crippen molar-refractivity contribution in [2.24, 2.45) is 0 Å². The van der Waals surface area contributed by atoms with E-state index in [1.165, 1.54) is 11.1 Å². The number of H-pyrrole nitrogens is 1. The van der Waals surface area contributed by atoms with Gasteiger partial charge in [-0.05, 0) is 29.7 Å². The Balaban J connectivity index is 1.60. The van der Waals surface area contributed by atoms with Gasteiger partial charge in [0.1, 0.15) is 0 Å². The highest BCUT2D eigenvalue weighted by molar-refractivity contribution is 5.71. The number of aromatic amines is 1. The van der Waals surface area contributed by atoms with Gasteiger partial charge in [0, 0.05) is 30.3 Å². The number of aromatic nitrogens is 2. The molecule has 4 rings (SSSR count). The van der Waals surface area contributed by atoms with E-state index in [9.17, 15) is 0 Å². The molecule has 1 aliphatic heterocycles. The second-order valence-corrected chi connectivity index (χ2v) is 6.19. The smallest absolute Gasteiger partial charge is 0.179 e. The minimum absolute atomic E-state index is 0.364. The average Bonchev–Trinajstić information content (AvgIpc) is 3.32. The molecular formula is C20H18N4. The molecule has 118 valence electrons. The van der Waals surface area contributed by atoms with Crippen molar-refractivity contribution >= 4 is 0 Å². The second kappa shape index (κ2) is 6.21. The summed E-state index contributed by atoms with van der Waals surface area (Å²) in [6.45, 7) is 1.61. The van der Waals surface area contributed by atoms with Crippen LogP contribution in [0.3, 0.4) is 0 Å². The van der Waals surface area contributed by atoms with Crippen LogP contribution in [-0.4, -0.2) is 28.2 Å². The fraction of sp³-hybridized carbons (Fsp3) is 0.200. The molecule has 1 atom stereocenters. The van der Waals surface area contributed by atoms with E-state index in [1.807, 2.05) is 6.07 Å². The molecule has 1 aromatic heterocycles. The topological polar surface area (TPSA) is 55.7 Å². The van der Waals surface area contributed by atoms with Gasteiger partial charge >= 0.3 is 0 Å². The van der Waals surface area contributed by atoms with Crippen LogP contribution in [0.4, 0.5) is 0 Å². The van der Waals surface area contributed by atoms with E-state index in [2.05, 4.69) is 71.0 Å². The first-order valence-corrected chi connectivity index (χ1v) is 8.19. The van der Waals surface area contributed by atoms with E-state index in [0.29, 0.717) is 5.92 Å². The molecule has 4 heteroatoms. The zero-order valence-corrected chi connectivity index (χ0v) is 13.3. The minimum atomic E-state index is 0.364. The lowest BCUT2D eigenvalue weighted by molar-refractivity contribution is 0.478. The molecule has 0 bridgehead atoms. The Bertz CT molecular complexity index is 876. The molecule has 1 aliphatic rings. The van der Waals surface area contributed by atoms with Gasteiger partial charge in [0.15, 0.2) is 6.19 Å². The molecule has 24 heavy (non-hydrogen) atoms. The van der Waals surface area contributed by atoms with Gasteiger partial charge in [-0.2, -0.15) is 10.4 Å². The number of nitrogens with zero attached hydrogens (tertiary/aromatic N) is 3. The molecule has 1 N–H and O–H groups in total. The van der Waals surface area contributed by atoms with Gasteiger partial charge in [-0.15, -0.1) is 0 Å². The van der Waals surface area contributed by atoms with Crippen molar-refractivity contribution < 1.29 is 0 Å².